The first-order valence-corrected chi connectivity index (χ1v) is 12.2. The van der Waals surface area contributed by atoms with E-state index < -0.39 is 97.7 Å². The number of hydrogen-bond acceptors (Lipinski definition) is 4. The molecule has 6 nitrogen and oxygen atoms in total. The minimum atomic E-state index is -9.43. The molecular formula is C13H8F21NO5S2. The summed E-state index contributed by atoms with van der Waals surface area (Å²) in [5.41, 5.74) is 0. The molecule has 0 amide bonds. The molecule has 0 rings (SSSR count). The van der Waals surface area contributed by atoms with Gasteiger partial charge in [-0.25, -0.2) is 13.1 Å². The molecule has 0 aromatic carbocycles. The normalized spacial score (nSPS) is 16.6. The summed E-state index contributed by atoms with van der Waals surface area (Å²) in [4.78, 5) is 0. The molecule has 0 aromatic rings. The number of hydrogen-bond donors (Lipinski definition) is 2. The van der Waals surface area contributed by atoms with Crippen molar-refractivity contribution in [2.75, 3.05) is 12.3 Å². The summed E-state index contributed by atoms with van der Waals surface area (Å²) in [5.74, 6) is -74.5. The van der Waals surface area contributed by atoms with Gasteiger partial charge in [-0.15, -0.1) is 0 Å². The van der Waals surface area contributed by atoms with Crippen molar-refractivity contribution in [3.05, 3.63) is 0 Å². The molecule has 0 bridgehead atoms. The van der Waals surface area contributed by atoms with Crippen molar-refractivity contribution in [2.45, 2.75) is 65.2 Å². The van der Waals surface area contributed by atoms with Gasteiger partial charge in [-0.1, -0.05) is 0 Å². The van der Waals surface area contributed by atoms with Crippen LogP contribution in [0.1, 0.15) is 6.42 Å². The molecule has 0 fully saturated rings. The maximum atomic E-state index is 13.8. The molecule has 0 atom stereocenters. The summed E-state index contributed by atoms with van der Waals surface area (Å²) < 4.78 is 330. The first kappa shape index (κ1) is 40.4. The number of halogens is 21. The summed E-state index contributed by atoms with van der Waals surface area (Å²) in [6.45, 7) is -1.92. The lowest BCUT2D eigenvalue weighted by Crippen LogP contribution is -2.77. The predicted octanol–water partition coefficient (Wildman–Crippen LogP) is 5.42. The Balaban J connectivity index is 6.96. The van der Waals surface area contributed by atoms with Crippen LogP contribution in [-0.2, 0) is 20.1 Å². The summed E-state index contributed by atoms with van der Waals surface area (Å²) in [6, 6.07) is 0. The van der Waals surface area contributed by atoms with Gasteiger partial charge in [0.05, 0.1) is 5.75 Å². The van der Waals surface area contributed by atoms with E-state index in [9.17, 15) is 109 Å². The summed E-state index contributed by atoms with van der Waals surface area (Å²) in [7, 11) is -12.8. The summed E-state index contributed by atoms with van der Waals surface area (Å²) in [5, 5.41) is -7.95. The molecule has 0 saturated carbocycles. The highest BCUT2D eigenvalue weighted by Gasteiger charge is 2.98. The van der Waals surface area contributed by atoms with Crippen LogP contribution in [0.15, 0.2) is 0 Å². The van der Waals surface area contributed by atoms with Crippen LogP contribution >= 0.6 is 0 Å². The lowest BCUT2D eigenvalue weighted by Gasteiger charge is -2.44. The minimum absolute atomic E-state index is 0.0891. The van der Waals surface area contributed by atoms with Crippen molar-refractivity contribution >= 4 is 20.1 Å². The highest BCUT2D eigenvalue weighted by atomic mass is 32.2. The molecule has 254 valence electrons. The van der Waals surface area contributed by atoms with Gasteiger partial charge in [0.15, 0.2) is 0 Å². The number of rotatable bonds is 14. The third-order valence-electron chi connectivity index (χ3n) is 4.69. The first-order valence-electron chi connectivity index (χ1n) is 9.12. The minimum Gasteiger partial charge on any atom is -0.286 e. The largest absolute Gasteiger partial charge is 0.460 e. The van der Waals surface area contributed by atoms with Gasteiger partial charge in [0.25, 0.3) is 20.1 Å². The van der Waals surface area contributed by atoms with E-state index in [4.69, 9.17) is 4.55 Å². The fourth-order valence-corrected chi connectivity index (χ4v) is 3.83. The van der Waals surface area contributed by atoms with Crippen molar-refractivity contribution < 1.29 is 114 Å². The van der Waals surface area contributed by atoms with Crippen molar-refractivity contribution in [2.24, 2.45) is 0 Å². The number of nitrogens with one attached hydrogen (secondary N) is 1. The average molecular weight is 721 g/mol. The molecule has 29 heteroatoms. The van der Waals surface area contributed by atoms with Crippen molar-refractivity contribution in [1.82, 2.24) is 4.72 Å². The van der Waals surface area contributed by atoms with Crippen molar-refractivity contribution in [3.8, 4) is 0 Å². The van der Waals surface area contributed by atoms with Crippen LogP contribution in [0, 0.1) is 0 Å². The molecule has 0 aliphatic rings. The smallest absolute Gasteiger partial charge is 0.286 e. The monoisotopic (exact) mass is 721 g/mol. The number of sulfonamides is 1. The molecule has 42 heavy (non-hydrogen) atoms. The second kappa shape index (κ2) is 10.5. The van der Waals surface area contributed by atoms with Gasteiger partial charge in [-0.05, 0) is 6.42 Å². The van der Waals surface area contributed by atoms with Gasteiger partial charge >= 0.3 is 58.8 Å². The van der Waals surface area contributed by atoms with Crippen LogP contribution in [0.5, 0.6) is 0 Å². The van der Waals surface area contributed by atoms with Crippen LogP contribution in [0.3, 0.4) is 0 Å². The predicted molar refractivity (Wildman–Crippen MR) is 88.5 cm³/mol. The van der Waals surface area contributed by atoms with Crippen LogP contribution in [-0.4, -0.2) is 92.5 Å². The lowest BCUT2D eigenvalue weighted by atomic mass is 9.87. The Morgan fingerprint density at radius 1 is 0.452 bits per heavy atom. The molecule has 0 spiro atoms. The van der Waals surface area contributed by atoms with E-state index in [0.29, 0.717) is 0 Å². The van der Waals surface area contributed by atoms with E-state index in [0.717, 1.165) is 0 Å². The van der Waals surface area contributed by atoms with E-state index in [2.05, 4.69) is 0 Å². The van der Waals surface area contributed by atoms with E-state index in [1.807, 2.05) is 0 Å². The molecule has 0 radical (unpaired) electrons. The fraction of sp³-hybridized carbons (Fsp3) is 1.00. The highest BCUT2D eigenvalue weighted by molar-refractivity contribution is 7.90. The lowest BCUT2D eigenvalue weighted by molar-refractivity contribution is -0.472. The molecule has 0 unspecified atom stereocenters. The molecule has 0 aromatic heterocycles. The standard InChI is InChI=1S/C13H8F21NO5S2/c14-4(15,6(18,19)8(22,23)10(26,27)12(30,31)32)5(16,17)7(20,21)9(24,25)11(28,29)13(33,34)42(39,40)35-2-1-3-41(36,37)38/h35H,1-3H2,(H,36,37,38). The Hall–Kier alpha value is -1.65. The fourth-order valence-electron chi connectivity index (χ4n) is 2.26. The van der Waals surface area contributed by atoms with Crippen molar-refractivity contribution in [3.63, 3.8) is 0 Å². The van der Waals surface area contributed by atoms with Crippen LogP contribution in [0.4, 0.5) is 92.2 Å². The summed E-state index contributed by atoms with van der Waals surface area (Å²) >= 11 is 0. The third-order valence-corrected chi connectivity index (χ3v) is 7.01. The third kappa shape index (κ3) is 5.65. The van der Waals surface area contributed by atoms with Gasteiger partial charge in [0.2, 0.25) is 0 Å². The van der Waals surface area contributed by atoms with Gasteiger partial charge < -0.3 is 0 Å². The molecule has 0 heterocycles. The summed E-state index contributed by atoms with van der Waals surface area (Å²) in [6.07, 6.45) is -9.54. The molecule has 2 N–H and O–H groups in total. The van der Waals surface area contributed by atoms with E-state index >= 15 is 0 Å². The van der Waals surface area contributed by atoms with Gasteiger partial charge in [0.1, 0.15) is 0 Å². The Labute approximate surface area is 217 Å². The van der Waals surface area contributed by atoms with Crippen LogP contribution < -0.4 is 4.72 Å². The maximum absolute atomic E-state index is 13.8. The second-order valence-electron chi connectivity index (χ2n) is 7.65. The zero-order valence-corrected chi connectivity index (χ0v) is 20.1. The zero-order valence-electron chi connectivity index (χ0n) is 18.5. The van der Waals surface area contributed by atoms with E-state index in [1.54, 1.807) is 0 Å². The Kier molecular flexibility index (Phi) is 10.1. The topological polar surface area (TPSA) is 101 Å². The van der Waals surface area contributed by atoms with Gasteiger partial charge in [-0.2, -0.15) is 101 Å². The maximum Gasteiger partial charge on any atom is 0.460 e. The molecule has 0 saturated heterocycles. The van der Waals surface area contributed by atoms with Crippen molar-refractivity contribution in [1.29, 1.82) is 0 Å². The Morgan fingerprint density at radius 3 is 0.976 bits per heavy atom. The SMILES string of the molecule is O=S(=O)(O)CCCNS(=O)(=O)C(F)(F)C(F)(F)C(F)(F)C(F)(F)C(F)(F)C(F)(F)C(F)(F)C(F)(F)C(F)(F)C(F)(F)F. The zero-order chi connectivity index (χ0) is 34.8. The molecule has 0 aliphatic carbocycles. The van der Waals surface area contributed by atoms with Crippen LogP contribution in [0.2, 0.25) is 0 Å². The van der Waals surface area contributed by atoms with Gasteiger partial charge in [-0.3, -0.25) is 4.55 Å². The van der Waals surface area contributed by atoms with Gasteiger partial charge in [0, 0.05) is 6.54 Å². The average Bonchev–Trinajstić information content (AvgIpc) is 2.74. The quantitative estimate of drug-likeness (QED) is 0.142. The Bertz CT molecular complexity index is 1210. The van der Waals surface area contributed by atoms with Crippen LogP contribution in [0.25, 0.3) is 0 Å². The van der Waals surface area contributed by atoms with E-state index in [1.165, 1.54) is 0 Å². The van der Waals surface area contributed by atoms with E-state index in [-0.39, 0.29) is 4.72 Å². The highest BCUT2D eigenvalue weighted by Crippen LogP contribution is 2.66. The molecular weight excluding hydrogens is 713 g/mol. The first-order chi connectivity index (χ1) is 17.7. The second-order valence-corrected chi connectivity index (χ2v) is 11.0. The molecule has 0 aliphatic heterocycles. The Morgan fingerprint density at radius 2 is 0.714 bits per heavy atom. The number of alkyl halides is 21.